The first-order valence-electron chi connectivity index (χ1n) is 7.10. The van der Waals surface area contributed by atoms with Crippen molar-refractivity contribution in [3.63, 3.8) is 0 Å². The topological polar surface area (TPSA) is 97.1 Å². The van der Waals surface area contributed by atoms with Crippen LogP contribution in [0.5, 0.6) is 0 Å². The van der Waals surface area contributed by atoms with Crippen LogP contribution >= 0.6 is 0 Å². The summed E-state index contributed by atoms with van der Waals surface area (Å²) in [6.07, 6.45) is 8.24. The Labute approximate surface area is 128 Å². The molecule has 2 rings (SSSR count). The van der Waals surface area contributed by atoms with Crippen LogP contribution < -0.4 is 5.32 Å². The molecule has 1 atom stereocenters. The third-order valence-corrected chi connectivity index (χ3v) is 3.21. The number of aromatic nitrogens is 3. The Morgan fingerprint density at radius 3 is 2.86 bits per heavy atom. The van der Waals surface area contributed by atoms with E-state index in [1.165, 1.54) is 10.9 Å². The van der Waals surface area contributed by atoms with Crippen molar-refractivity contribution in [2.24, 2.45) is 0 Å². The van der Waals surface area contributed by atoms with Gasteiger partial charge in [0.25, 0.3) is 5.91 Å². The highest BCUT2D eigenvalue weighted by molar-refractivity contribution is 5.96. The molecular weight excluding hydrogens is 284 g/mol. The smallest absolute Gasteiger partial charge is 0.326 e. The average molecular weight is 302 g/mol. The van der Waals surface area contributed by atoms with Gasteiger partial charge in [-0.05, 0) is 18.6 Å². The first-order valence-corrected chi connectivity index (χ1v) is 7.10. The van der Waals surface area contributed by atoms with Crippen molar-refractivity contribution in [1.82, 2.24) is 20.1 Å². The van der Waals surface area contributed by atoms with E-state index in [4.69, 9.17) is 5.11 Å². The van der Waals surface area contributed by atoms with E-state index in [-0.39, 0.29) is 0 Å². The lowest BCUT2D eigenvalue weighted by Gasteiger charge is -2.13. The number of carbonyl (C=O) groups is 2. The third-order valence-electron chi connectivity index (χ3n) is 3.21. The number of rotatable bonds is 7. The van der Waals surface area contributed by atoms with Gasteiger partial charge in [0.15, 0.2) is 0 Å². The predicted molar refractivity (Wildman–Crippen MR) is 79.8 cm³/mol. The quantitative estimate of drug-likeness (QED) is 0.810. The lowest BCUT2D eigenvalue weighted by molar-refractivity contribution is -0.139. The lowest BCUT2D eigenvalue weighted by atomic mass is 10.1. The Balaban J connectivity index is 2.06. The number of nitrogens with one attached hydrogen (secondary N) is 1. The maximum atomic E-state index is 12.1. The molecule has 7 heteroatoms. The molecule has 0 fully saturated rings. The molecule has 0 radical (unpaired) electrons. The van der Waals surface area contributed by atoms with Gasteiger partial charge in [-0.1, -0.05) is 19.8 Å². The Morgan fingerprint density at radius 1 is 1.41 bits per heavy atom. The van der Waals surface area contributed by atoms with Crippen LogP contribution in [0.3, 0.4) is 0 Å². The number of nitrogens with zero attached hydrogens (tertiary/aromatic N) is 3. The van der Waals surface area contributed by atoms with Crippen LogP contribution in [0.25, 0.3) is 5.69 Å². The Morgan fingerprint density at radius 2 is 2.23 bits per heavy atom. The van der Waals surface area contributed by atoms with Gasteiger partial charge in [0, 0.05) is 12.4 Å². The van der Waals surface area contributed by atoms with E-state index in [1.54, 1.807) is 24.7 Å². The van der Waals surface area contributed by atoms with Crippen LogP contribution in [0, 0.1) is 0 Å². The zero-order valence-electron chi connectivity index (χ0n) is 12.3. The average Bonchev–Trinajstić information content (AvgIpc) is 3.02. The first-order chi connectivity index (χ1) is 10.6. The third kappa shape index (κ3) is 3.91. The van der Waals surface area contributed by atoms with Crippen molar-refractivity contribution in [3.05, 3.63) is 42.5 Å². The molecule has 0 aliphatic carbocycles. The van der Waals surface area contributed by atoms with E-state index in [1.807, 2.05) is 13.0 Å². The standard InChI is InChI=1S/C15H18N4O3/c1-2-3-6-13(15(21)22)18-14(20)11-8-17-19(10-11)12-5-4-7-16-9-12/h4-5,7-10,13H,2-3,6H2,1H3,(H,18,20)(H,21,22)/t13-/m0/s1. The Bertz CT molecular complexity index is 639. The Kier molecular flexibility index (Phi) is 5.24. The second-order valence-electron chi connectivity index (χ2n) is 4.89. The molecule has 0 unspecified atom stereocenters. The van der Waals surface area contributed by atoms with Gasteiger partial charge < -0.3 is 10.4 Å². The highest BCUT2D eigenvalue weighted by Crippen LogP contribution is 2.08. The molecule has 2 aromatic heterocycles. The first kappa shape index (κ1) is 15.7. The normalized spacial score (nSPS) is 11.9. The van der Waals surface area contributed by atoms with Crippen LogP contribution in [0.15, 0.2) is 36.9 Å². The fraction of sp³-hybridized carbons (Fsp3) is 0.333. The van der Waals surface area contributed by atoms with Crippen LogP contribution in [-0.2, 0) is 4.79 Å². The molecule has 0 aliphatic heterocycles. The summed E-state index contributed by atoms with van der Waals surface area (Å²) >= 11 is 0. The highest BCUT2D eigenvalue weighted by Gasteiger charge is 2.20. The summed E-state index contributed by atoms with van der Waals surface area (Å²) in [6.45, 7) is 1.97. The number of carboxylic acids is 1. The molecule has 22 heavy (non-hydrogen) atoms. The molecule has 0 aromatic carbocycles. The van der Waals surface area contributed by atoms with E-state index in [0.717, 1.165) is 18.5 Å². The van der Waals surface area contributed by atoms with Gasteiger partial charge in [-0.3, -0.25) is 9.78 Å². The number of carbonyl (C=O) groups excluding carboxylic acids is 1. The van der Waals surface area contributed by atoms with Crippen molar-refractivity contribution in [1.29, 1.82) is 0 Å². The van der Waals surface area contributed by atoms with Crippen LogP contribution in [0.4, 0.5) is 0 Å². The van der Waals surface area contributed by atoms with E-state index >= 15 is 0 Å². The van der Waals surface area contributed by atoms with Gasteiger partial charge in [-0.2, -0.15) is 5.10 Å². The summed E-state index contributed by atoms with van der Waals surface area (Å²) in [5, 5.41) is 15.8. The number of amides is 1. The summed E-state index contributed by atoms with van der Waals surface area (Å²) in [5.74, 6) is -1.47. The van der Waals surface area contributed by atoms with Gasteiger partial charge in [0.2, 0.25) is 0 Å². The lowest BCUT2D eigenvalue weighted by Crippen LogP contribution is -2.40. The van der Waals surface area contributed by atoms with E-state index < -0.39 is 17.9 Å². The summed E-state index contributed by atoms with van der Waals surface area (Å²) < 4.78 is 1.52. The second kappa shape index (κ2) is 7.35. The predicted octanol–water partition coefficient (Wildman–Crippen LogP) is 1.64. The molecule has 0 bridgehead atoms. The minimum atomic E-state index is -1.03. The van der Waals surface area contributed by atoms with E-state index in [2.05, 4.69) is 15.4 Å². The van der Waals surface area contributed by atoms with Crippen molar-refractivity contribution in [2.45, 2.75) is 32.2 Å². The molecule has 0 spiro atoms. The molecule has 2 heterocycles. The number of pyridine rings is 1. The van der Waals surface area contributed by atoms with Crippen molar-refractivity contribution >= 4 is 11.9 Å². The largest absolute Gasteiger partial charge is 0.480 e. The zero-order chi connectivity index (χ0) is 15.9. The number of hydrogen-bond donors (Lipinski definition) is 2. The van der Waals surface area contributed by atoms with Crippen LogP contribution in [-0.4, -0.2) is 37.8 Å². The fourth-order valence-electron chi connectivity index (χ4n) is 1.98. The van der Waals surface area contributed by atoms with Gasteiger partial charge in [0.1, 0.15) is 6.04 Å². The minimum absolute atomic E-state index is 0.312. The monoisotopic (exact) mass is 302 g/mol. The van der Waals surface area contributed by atoms with Crippen LogP contribution in [0.1, 0.15) is 36.5 Å². The van der Waals surface area contributed by atoms with Crippen molar-refractivity contribution in [3.8, 4) is 5.69 Å². The maximum Gasteiger partial charge on any atom is 0.326 e. The van der Waals surface area contributed by atoms with E-state index in [9.17, 15) is 9.59 Å². The number of unbranched alkanes of at least 4 members (excludes halogenated alkanes) is 1. The molecule has 2 aromatic rings. The summed E-state index contributed by atoms with van der Waals surface area (Å²) in [7, 11) is 0. The molecule has 116 valence electrons. The van der Waals surface area contributed by atoms with Crippen molar-refractivity contribution < 1.29 is 14.7 Å². The number of carboxylic acid groups (broad SMARTS) is 1. The number of hydrogen-bond acceptors (Lipinski definition) is 4. The maximum absolute atomic E-state index is 12.1. The summed E-state index contributed by atoms with van der Waals surface area (Å²) in [5.41, 5.74) is 1.04. The second-order valence-corrected chi connectivity index (χ2v) is 4.89. The van der Waals surface area contributed by atoms with Gasteiger partial charge in [-0.15, -0.1) is 0 Å². The SMILES string of the molecule is CCCC[C@H](NC(=O)c1cnn(-c2cccnc2)c1)C(=O)O. The molecule has 2 N–H and O–H groups in total. The van der Waals surface area contributed by atoms with Gasteiger partial charge >= 0.3 is 5.97 Å². The molecule has 0 saturated carbocycles. The molecule has 0 saturated heterocycles. The van der Waals surface area contributed by atoms with Crippen molar-refractivity contribution in [2.75, 3.05) is 0 Å². The molecule has 0 aliphatic rings. The van der Waals surface area contributed by atoms with E-state index in [0.29, 0.717) is 12.0 Å². The molecule has 1 amide bonds. The Hall–Kier alpha value is -2.70. The highest BCUT2D eigenvalue weighted by atomic mass is 16.4. The fourth-order valence-corrected chi connectivity index (χ4v) is 1.98. The summed E-state index contributed by atoms with van der Waals surface area (Å²) in [4.78, 5) is 27.3. The molecule has 7 nitrogen and oxygen atoms in total. The van der Waals surface area contributed by atoms with Gasteiger partial charge in [-0.25, -0.2) is 9.48 Å². The molecular formula is C15H18N4O3. The van der Waals surface area contributed by atoms with Crippen LogP contribution in [0.2, 0.25) is 0 Å². The zero-order valence-corrected chi connectivity index (χ0v) is 12.3. The summed E-state index contributed by atoms with van der Waals surface area (Å²) in [6, 6.07) is 2.69. The minimum Gasteiger partial charge on any atom is -0.480 e. The van der Waals surface area contributed by atoms with Gasteiger partial charge in [0.05, 0.1) is 23.6 Å². The number of aliphatic carboxylic acids is 1.